The monoisotopic (exact) mass is 406 g/mol. The molecule has 0 bridgehead atoms. The number of hydrogen-bond donors (Lipinski definition) is 2. The van der Waals surface area contributed by atoms with Crippen LogP contribution < -0.4 is 16.0 Å². The van der Waals surface area contributed by atoms with E-state index in [9.17, 15) is 0 Å². The van der Waals surface area contributed by atoms with Gasteiger partial charge in [-0.1, -0.05) is 50.2 Å². The average Bonchev–Trinajstić information content (AvgIpc) is 2.79. The fourth-order valence-electron chi connectivity index (χ4n) is 3.95. The molecule has 4 rings (SSSR count). The van der Waals surface area contributed by atoms with Gasteiger partial charge in [0, 0.05) is 18.8 Å². The number of anilines is 2. The summed E-state index contributed by atoms with van der Waals surface area (Å²) in [5.41, 5.74) is 10.8. The largest absolute Gasteiger partial charge is 0.378 e. The summed E-state index contributed by atoms with van der Waals surface area (Å²) in [7, 11) is 0. The number of nitrogens with zero attached hydrogens (tertiary/aromatic N) is 4. The lowest BCUT2D eigenvalue weighted by Crippen LogP contribution is -2.57. The summed E-state index contributed by atoms with van der Waals surface area (Å²) in [4.78, 5) is 13.8. The number of guanidine groups is 2. The number of nitrogens with one attached hydrogen (secondary N) is 1. The topological polar surface area (TPSA) is 78.5 Å². The maximum absolute atomic E-state index is 6.20. The number of aliphatic imine (C=N–C) groups is 2. The third-order valence-electron chi connectivity index (χ3n) is 5.54. The summed E-state index contributed by atoms with van der Waals surface area (Å²) in [6.07, 6.45) is 1.46. The van der Waals surface area contributed by atoms with Crippen molar-refractivity contribution in [2.24, 2.45) is 15.7 Å². The second-order valence-corrected chi connectivity index (χ2v) is 7.38. The number of para-hydroxylation sites is 2. The Balaban J connectivity index is 1.77. The van der Waals surface area contributed by atoms with E-state index in [0.29, 0.717) is 13.2 Å². The van der Waals surface area contributed by atoms with Gasteiger partial charge in [0.1, 0.15) is 0 Å². The van der Waals surface area contributed by atoms with Gasteiger partial charge in [0.05, 0.1) is 18.9 Å². The molecule has 2 aliphatic heterocycles. The molecule has 0 amide bonds. The van der Waals surface area contributed by atoms with E-state index in [1.54, 1.807) is 0 Å². The van der Waals surface area contributed by atoms with Crippen molar-refractivity contribution in [3.05, 3.63) is 59.7 Å². The Morgan fingerprint density at radius 2 is 1.67 bits per heavy atom. The summed E-state index contributed by atoms with van der Waals surface area (Å²) < 4.78 is 5.56. The van der Waals surface area contributed by atoms with Gasteiger partial charge in [-0.25, -0.2) is 4.99 Å². The first-order valence-corrected chi connectivity index (χ1v) is 10.7. The van der Waals surface area contributed by atoms with E-state index < -0.39 is 0 Å². The van der Waals surface area contributed by atoms with E-state index in [0.717, 1.165) is 43.3 Å². The highest BCUT2D eigenvalue weighted by Crippen LogP contribution is 2.29. The zero-order chi connectivity index (χ0) is 20.9. The van der Waals surface area contributed by atoms with Gasteiger partial charge in [-0.15, -0.1) is 0 Å². The second kappa shape index (κ2) is 9.17. The average molecular weight is 407 g/mol. The van der Waals surface area contributed by atoms with Crippen molar-refractivity contribution in [1.29, 1.82) is 0 Å². The predicted octanol–water partition coefficient (Wildman–Crippen LogP) is 3.03. The molecule has 0 radical (unpaired) electrons. The van der Waals surface area contributed by atoms with Crippen molar-refractivity contribution >= 4 is 23.3 Å². The van der Waals surface area contributed by atoms with E-state index in [-0.39, 0.29) is 12.2 Å². The summed E-state index contributed by atoms with van der Waals surface area (Å²) in [5, 5.41) is 3.62. The number of nitrogens with two attached hydrogens (primary N) is 1. The Morgan fingerprint density at radius 3 is 2.40 bits per heavy atom. The number of hydrogen-bond acceptors (Lipinski definition) is 7. The molecule has 1 unspecified atom stereocenters. The van der Waals surface area contributed by atoms with E-state index in [1.807, 2.05) is 6.07 Å². The van der Waals surface area contributed by atoms with Crippen LogP contribution in [0.25, 0.3) is 0 Å². The molecule has 0 aromatic heterocycles. The highest BCUT2D eigenvalue weighted by molar-refractivity contribution is 6.06. The molecule has 2 heterocycles. The second-order valence-electron chi connectivity index (χ2n) is 7.38. The summed E-state index contributed by atoms with van der Waals surface area (Å²) in [5.74, 6) is 1.10. The lowest BCUT2D eigenvalue weighted by molar-refractivity contribution is 0.0671. The van der Waals surface area contributed by atoms with Crippen LogP contribution in [0, 0.1) is 0 Å². The fraction of sp³-hybridized carbons (Fsp3) is 0.391. The van der Waals surface area contributed by atoms with Gasteiger partial charge >= 0.3 is 0 Å². The first-order valence-electron chi connectivity index (χ1n) is 10.7. The molecule has 1 fully saturated rings. The maximum Gasteiger partial charge on any atom is 0.222 e. The van der Waals surface area contributed by atoms with Gasteiger partial charge < -0.3 is 20.7 Å². The van der Waals surface area contributed by atoms with Crippen LogP contribution in [0.2, 0.25) is 0 Å². The van der Waals surface area contributed by atoms with E-state index >= 15 is 0 Å². The zero-order valence-electron chi connectivity index (χ0n) is 17.7. The molecule has 158 valence electrons. The molecule has 2 aromatic carbocycles. The van der Waals surface area contributed by atoms with Crippen LogP contribution in [0.1, 0.15) is 25.0 Å². The van der Waals surface area contributed by atoms with Crippen molar-refractivity contribution in [2.75, 3.05) is 36.5 Å². The normalized spacial score (nSPS) is 19.3. The Kier molecular flexibility index (Phi) is 6.18. The van der Waals surface area contributed by atoms with Gasteiger partial charge in [0.15, 0.2) is 0 Å². The van der Waals surface area contributed by atoms with Crippen LogP contribution in [0.3, 0.4) is 0 Å². The molecule has 7 nitrogen and oxygen atoms in total. The van der Waals surface area contributed by atoms with Gasteiger partial charge in [0.2, 0.25) is 18.2 Å². The van der Waals surface area contributed by atoms with Crippen molar-refractivity contribution < 1.29 is 4.74 Å². The minimum Gasteiger partial charge on any atom is -0.378 e. The highest BCUT2D eigenvalue weighted by Gasteiger charge is 2.33. The molecular weight excluding hydrogens is 376 g/mol. The Hall–Kier alpha value is -3.06. The number of morpholine rings is 1. The van der Waals surface area contributed by atoms with Gasteiger partial charge in [-0.05, 0) is 36.1 Å². The number of rotatable bonds is 5. The Morgan fingerprint density at radius 1 is 1.00 bits per heavy atom. The molecule has 2 aromatic rings. The smallest absolute Gasteiger partial charge is 0.222 e. The Labute approximate surface area is 178 Å². The number of aryl methyl sites for hydroxylation is 2. The molecule has 0 aliphatic carbocycles. The van der Waals surface area contributed by atoms with Gasteiger partial charge in [-0.3, -0.25) is 4.90 Å². The molecule has 2 aliphatic rings. The molecule has 0 saturated carbocycles. The van der Waals surface area contributed by atoms with Crippen LogP contribution in [0.15, 0.2) is 58.5 Å². The zero-order valence-corrected chi connectivity index (χ0v) is 17.7. The predicted molar refractivity (Wildman–Crippen MR) is 123 cm³/mol. The van der Waals surface area contributed by atoms with Gasteiger partial charge in [0.25, 0.3) is 0 Å². The summed E-state index contributed by atoms with van der Waals surface area (Å²) >= 11 is 0. The third-order valence-corrected chi connectivity index (χ3v) is 5.54. The van der Waals surface area contributed by atoms with E-state index in [2.05, 4.69) is 76.4 Å². The Bertz CT molecular complexity index is 935. The first kappa shape index (κ1) is 20.2. The van der Waals surface area contributed by atoms with Crippen LogP contribution in [-0.2, 0) is 17.6 Å². The van der Waals surface area contributed by atoms with Crippen LogP contribution in [0.4, 0.5) is 11.4 Å². The quantitative estimate of drug-likeness (QED) is 0.798. The van der Waals surface area contributed by atoms with Crippen LogP contribution >= 0.6 is 0 Å². The molecule has 1 saturated heterocycles. The molecule has 1 atom stereocenters. The molecule has 30 heavy (non-hydrogen) atoms. The maximum atomic E-state index is 6.20. The van der Waals surface area contributed by atoms with Crippen molar-refractivity contribution in [2.45, 2.75) is 33.0 Å². The van der Waals surface area contributed by atoms with Crippen LogP contribution in [0.5, 0.6) is 0 Å². The molecular formula is C23H30N6O. The lowest BCUT2D eigenvalue weighted by atomic mass is 10.1. The first-order chi connectivity index (χ1) is 14.7. The van der Waals surface area contributed by atoms with Crippen molar-refractivity contribution in [1.82, 2.24) is 4.90 Å². The van der Waals surface area contributed by atoms with Gasteiger partial charge in [-0.2, -0.15) is 4.99 Å². The van der Waals surface area contributed by atoms with Crippen molar-refractivity contribution in [3.8, 4) is 0 Å². The number of benzene rings is 2. The molecule has 7 heteroatoms. The van der Waals surface area contributed by atoms with E-state index in [1.165, 1.54) is 11.1 Å². The summed E-state index contributed by atoms with van der Waals surface area (Å²) in [6.45, 7) is 7.22. The standard InChI is InChI=1S/C23H30N6O/c1-3-17-9-5-7-11-19(17)25-22-26-21(24)27-23(28-13-15-30-16-14-28)29(22)20-12-8-6-10-18(20)4-2/h5-12,22,25H,3-4,13-16H2,1-2H3,(H2,24,26). The summed E-state index contributed by atoms with van der Waals surface area (Å²) in [6, 6.07) is 16.8. The molecule has 3 N–H and O–H groups in total. The fourth-order valence-corrected chi connectivity index (χ4v) is 3.95. The minimum atomic E-state index is -0.388. The van der Waals surface area contributed by atoms with Crippen molar-refractivity contribution in [3.63, 3.8) is 0 Å². The lowest BCUT2D eigenvalue weighted by Gasteiger charge is -2.41. The minimum absolute atomic E-state index is 0.285. The third kappa shape index (κ3) is 4.11. The highest BCUT2D eigenvalue weighted by atomic mass is 16.5. The number of ether oxygens (including phenoxy) is 1. The molecule has 0 spiro atoms. The van der Waals surface area contributed by atoms with Crippen LogP contribution in [-0.4, -0.2) is 49.4 Å². The van der Waals surface area contributed by atoms with E-state index in [4.69, 9.17) is 15.5 Å². The SMILES string of the molecule is CCc1ccccc1NC1N=C(N)N=C(N2CCOCC2)N1c1ccccc1CC.